The van der Waals surface area contributed by atoms with Crippen molar-refractivity contribution in [1.29, 1.82) is 0 Å². The fourth-order valence-corrected chi connectivity index (χ4v) is 2.73. The van der Waals surface area contributed by atoms with Gasteiger partial charge in [0.15, 0.2) is 0 Å². The van der Waals surface area contributed by atoms with Crippen LogP contribution in [0.1, 0.15) is 44.8 Å². The van der Waals surface area contributed by atoms with Crippen molar-refractivity contribution in [3.8, 4) is 0 Å². The maximum absolute atomic E-state index is 5.63. The second-order valence-corrected chi connectivity index (χ2v) is 5.75. The predicted octanol–water partition coefficient (Wildman–Crippen LogP) is 2.72. The largest absolute Gasteiger partial charge is 0.378 e. The van der Waals surface area contributed by atoms with Crippen molar-refractivity contribution in [2.75, 3.05) is 6.61 Å². The zero-order chi connectivity index (χ0) is 12.4. The monoisotopic (exact) mass is 301 g/mol. The van der Waals surface area contributed by atoms with Gasteiger partial charge in [-0.2, -0.15) is 0 Å². The van der Waals surface area contributed by atoms with Crippen molar-refractivity contribution in [2.45, 2.75) is 51.1 Å². The first-order chi connectivity index (χ1) is 8.11. The molecule has 0 saturated carbocycles. The summed E-state index contributed by atoms with van der Waals surface area (Å²) >= 11 is 3.48. The van der Waals surface area contributed by atoms with Crippen LogP contribution in [0.5, 0.6) is 0 Å². The van der Waals surface area contributed by atoms with Gasteiger partial charge in [0.1, 0.15) is 11.6 Å². The number of hydrogen-bond acceptors (Lipinski definition) is 3. The minimum Gasteiger partial charge on any atom is -0.378 e. The number of aromatic nitrogens is 3. The van der Waals surface area contributed by atoms with Crippen LogP contribution in [0.3, 0.4) is 0 Å². The van der Waals surface area contributed by atoms with E-state index in [9.17, 15) is 0 Å². The zero-order valence-electron chi connectivity index (χ0n) is 10.7. The molecule has 1 aromatic rings. The summed E-state index contributed by atoms with van der Waals surface area (Å²) in [6.07, 6.45) is 1.40. The topological polar surface area (TPSA) is 39.9 Å². The van der Waals surface area contributed by atoms with E-state index in [-0.39, 0.29) is 0 Å². The highest BCUT2D eigenvalue weighted by molar-refractivity contribution is 9.08. The molecular formula is C12H20BrN3O. The van der Waals surface area contributed by atoms with Gasteiger partial charge in [-0.1, -0.05) is 29.8 Å². The van der Waals surface area contributed by atoms with Crippen LogP contribution in [0, 0.1) is 5.92 Å². The van der Waals surface area contributed by atoms with E-state index < -0.39 is 0 Å². The smallest absolute Gasteiger partial charge is 0.143 e. The van der Waals surface area contributed by atoms with E-state index in [0.29, 0.717) is 17.9 Å². The molecule has 2 unspecified atom stereocenters. The lowest BCUT2D eigenvalue weighted by Gasteiger charge is -2.14. The van der Waals surface area contributed by atoms with E-state index >= 15 is 0 Å². The molecule has 1 saturated heterocycles. The highest BCUT2D eigenvalue weighted by Gasteiger charge is 2.28. The SMILES string of the molecule is CC(C)Cn1c(CBr)nnc1C1COC(C)C1. The summed E-state index contributed by atoms with van der Waals surface area (Å²) in [5, 5.41) is 9.39. The average molecular weight is 302 g/mol. The van der Waals surface area contributed by atoms with Crippen LogP contribution in [0.2, 0.25) is 0 Å². The molecule has 2 atom stereocenters. The van der Waals surface area contributed by atoms with E-state index in [2.05, 4.69) is 51.5 Å². The van der Waals surface area contributed by atoms with Crippen LogP contribution in [0.4, 0.5) is 0 Å². The van der Waals surface area contributed by atoms with Crippen LogP contribution in [-0.2, 0) is 16.6 Å². The normalized spacial score (nSPS) is 24.8. The first-order valence-corrected chi connectivity index (χ1v) is 7.33. The molecule has 1 aromatic heterocycles. The highest BCUT2D eigenvalue weighted by atomic mass is 79.9. The fourth-order valence-electron chi connectivity index (χ4n) is 2.31. The summed E-state index contributed by atoms with van der Waals surface area (Å²) < 4.78 is 7.89. The van der Waals surface area contributed by atoms with E-state index in [4.69, 9.17) is 4.74 Å². The van der Waals surface area contributed by atoms with Gasteiger partial charge >= 0.3 is 0 Å². The molecule has 0 bridgehead atoms. The van der Waals surface area contributed by atoms with Crippen LogP contribution >= 0.6 is 15.9 Å². The Morgan fingerprint density at radius 2 is 2.24 bits per heavy atom. The van der Waals surface area contributed by atoms with E-state index in [1.807, 2.05) is 0 Å². The van der Waals surface area contributed by atoms with Gasteiger partial charge in [-0.25, -0.2) is 0 Å². The van der Waals surface area contributed by atoms with Gasteiger partial charge in [0, 0.05) is 12.5 Å². The zero-order valence-corrected chi connectivity index (χ0v) is 12.3. The molecule has 96 valence electrons. The third-order valence-corrected chi connectivity index (χ3v) is 3.59. The molecule has 0 spiro atoms. The van der Waals surface area contributed by atoms with E-state index in [0.717, 1.165) is 36.6 Å². The molecule has 0 amide bonds. The number of hydrogen-bond donors (Lipinski definition) is 0. The standard InChI is InChI=1S/C12H20BrN3O/c1-8(2)6-16-11(5-13)14-15-12(16)10-4-9(3)17-7-10/h8-10H,4-7H2,1-3H3. The van der Waals surface area contributed by atoms with Crippen molar-refractivity contribution >= 4 is 15.9 Å². The second kappa shape index (κ2) is 5.48. The maximum Gasteiger partial charge on any atom is 0.143 e. The number of nitrogens with zero attached hydrogens (tertiary/aromatic N) is 3. The fraction of sp³-hybridized carbons (Fsp3) is 0.833. The molecular weight excluding hydrogens is 282 g/mol. The Bertz CT molecular complexity index is 378. The van der Waals surface area contributed by atoms with Crippen LogP contribution in [0.25, 0.3) is 0 Å². The molecule has 1 aliphatic heterocycles. The van der Waals surface area contributed by atoms with Crippen LogP contribution < -0.4 is 0 Å². The third kappa shape index (κ3) is 2.88. The molecule has 0 aromatic carbocycles. The summed E-state index contributed by atoms with van der Waals surface area (Å²) in [5.74, 6) is 3.12. The Morgan fingerprint density at radius 3 is 2.76 bits per heavy atom. The Balaban J connectivity index is 2.23. The number of alkyl halides is 1. The molecule has 17 heavy (non-hydrogen) atoms. The lowest BCUT2D eigenvalue weighted by molar-refractivity contribution is 0.123. The van der Waals surface area contributed by atoms with Gasteiger partial charge in [0.25, 0.3) is 0 Å². The predicted molar refractivity (Wildman–Crippen MR) is 70.3 cm³/mol. The van der Waals surface area contributed by atoms with Crippen molar-refractivity contribution in [3.05, 3.63) is 11.6 Å². The number of ether oxygens (including phenoxy) is 1. The van der Waals surface area contributed by atoms with Crippen molar-refractivity contribution in [2.24, 2.45) is 5.92 Å². The van der Waals surface area contributed by atoms with Gasteiger partial charge in [0.05, 0.1) is 18.0 Å². The average Bonchev–Trinajstić information content (AvgIpc) is 2.84. The maximum atomic E-state index is 5.63. The Hall–Kier alpha value is -0.420. The summed E-state index contributed by atoms with van der Waals surface area (Å²) in [5.41, 5.74) is 0. The minimum absolute atomic E-state index is 0.344. The van der Waals surface area contributed by atoms with E-state index in [1.165, 1.54) is 0 Å². The molecule has 1 fully saturated rings. The molecule has 1 aliphatic rings. The highest BCUT2D eigenvalue weighted by Crippen LogP contribution is 2.29. The first kappa shape index (κ1) is 13.0. The Kier molecular flexibility index (Phi) is 4.20. The lowest BCUT2D eigenvalue weighted by Crippen LogP contribution is -2.14. The molecule has 5 heteroatoms. The number of rotatable bonds is 4. The summed E-state index contributed by atoms with van der Waals surface area (Å²) in [6, 6.07) is 0. The lowest BCUT2D eigenvalue weighted by atomic mass is 10.1. The van der Waals surface area contributed by atoms with E-state index in [1.54, 1.807) is 0 Å². The van der Waals surface area contributed by atoms with Crippen molar-refractivity contribution in [3.63, 3.8) is 0 Å². The molecule has 0 N–H and O–H groups in total. The van der Waals surface area contributed by atoms with Gasteiger partial charge in [-0.3, -0.25) is 0 Å². The molecule has 2 heterocycles. The molecule has 2 rings (SSSR count). The van der Waals surface area contributed by atoms with Crippen molar-refractivity contribution in [1.82, 2.24) is 14.8 Å². The Labute approximate surface area is 111 Å². The first-order valence-electron chi connectivity index (χ1n) is 6.21. The summed E-state index contributed by atoms with van der Waals surface area (Å²) in [6.45, 7) is 8.31. The molecule has 4 nitrogen and oxygen atoms in total. The van der Waals surface area contributed by atoms with Crippen molar-refractivity contribution < 1.29 is 4.74 Å². The number of halogens is 1. The van der Waals surface area contributed by atoms with Crippen LogP contribution in [0.15, 0.2) is 0 Å². The summed E-state index contributed by atoms with van der Waals surface area (Å²) in [7, 11) is 0. The Morgan fingerprint density at radius 1 is 1.47 bits per heavy atom. The van der Waals surface area contributed by atoms with Gasteiger partial charge in [0.2, 0.25) is 0 Å². The molecule has 0 aliphatic carbocycles. The molecule has 0 radical (unpaired) electrons. The third-order valence-electron chi connectivity index (χ3n) is 3.09. The van der Waals surface area contributed by atoms with Gasteiger partial charge in [-0.05, 0) is 19.3 Å². The van der Waals surface area contributed by atoms with Gasteiger partial charge in [-0.15, -0.1) is 10.2 Å². The quantitative estimate of drug-likeness (QED) is 0.803. The van der Waals surface area contributed by atoms with Gasteiger partial charge < -0.3 is 9.30 Å². The second-order valence-electron chi connectivity index (χ2n) is 5.19. The minimum atomic E-state index is 0.344. The summed E-state index contributed by atoms with van der Waals surface area (Å²) in [4.78, 5) is 0. The van der Waals surface area contributed by atoms with Crippen LogP contribution in [-0.4, -0.2) is 27.5 Å².